The van der Waals surface area contributed by atoms with Crippen molar-refractivity contribution in [3.63, 3.8) is 0 Å². The van der Waals surface area contributed by atoms with Crippen molar-refractivity contribution in [2.75, 3.05) is 39.3 Å². The summed E-state index contributed by atoms with van der Waals surface area (Å²) in [6.07, 6.45) is 0. The van der Waals surface area contributed by atoms with Gasteiger partial charge in [-0.15, -0.1) is 0 Å². The van der Waals surface area contributed by atoms with Gasteiger partial charge in [0.15, 0.2) is 0 Å². The molecule has 21 heavy (non-hydrogen) atoms. The Morgan fingerprint density at radius 2 is 1.86 bits per heavy atom. The minimum atomic E-state index is -0.550. The summed E-state index contributed by atoms with van der Waals surface area (Å²) in [6, 6.07) is 9.42. The molecule has 114 valence electrons. The molecule has 6 heteroatoms. The molecule has 0 aromatic heterocycles. The third-order valence-corrected chi connectivity index (χ3v) is 4.00. The third-order valence-electron chi connectivity index (χ3n) is 3.76. The zero-order valence-corrected chi connectivity index (χ0v) is 12.8. The van der Waals surface area contributed by atoms with Gasteiger partial charge in [-0.1, -0.05) is 42.5 Å². The lowest BCUT2D eigenvalue weighted by Gasteiger charge is -2.36. The first kappa shape index (κ1) is 15.9. The summed E-state index contributed by atoms with van der Waals surface area (Å²) in [5.41, 5.74) is 6.63. The van der Waals surface area contributed by atoms with Gasteiger partial charge in [0.05, 0.1) is 11.6 Å². The van der Waals surface area contributed by atoms with Gasteiger partial charge >= 0.3 is 0 Å². The van der Waals surface area contributed by atoms with E-state index in [-0.39, 0.29) is 17.5 Å². The largest absolute Gasteiger partial charge is 0.395 e. The van der Waals surface area contributed by atoms with E-state index in [0.29, 0.717) is 19.6 Å². The number of thiocarbonyl (C=S) groups is 1. The predicted octanol–water partition coefficient (Wildman–Crippen LogP) is 0.193. The summed E-state index contributed by atoms with van der Waals surface area (Å²) in [6.45, 7) is 3.62. The second kappa shape index (κ2) is 7.49. The molecule has 0 spiro atoms. The molecule has 1 aromatic rings. The van der Waals surface area contributed by atoms with E-state index in [9.17, 15) is 4.79 Å². The summed E-state index contributed by atoms with van der Waals surface area (Å²) in [5, 5.41) is 8.95. The Hall–Kier alpha value is -1.50. The smallest absolute Gasteiger partial charge is 0.237 e. The summed E-state index contributed by atoms with van der Waals surface area (Å²) in [4.78, 5) is 16.9. The SMILES string of the molecule is NC(=S)C(C(=O)N1CCN(CCO)CC1)c1ccccc1. The van der Waals surface area contributed by atoms with Crippen LogP contribution < -0.4 is 5.73 Å². The van der Waals surface area contributed by atoms with Crippen LogP contribution in [0.1, 0.15) is 11.5 Å². The Balaban J connectivity index is 2.05. The fourth-order valence-corrected chi connectivity index (χ4v) is 2.83. The van der Waals surface area contributed by atoms with E-state index in [2.05, 4.69) is 4.90 Å². The van der Waals surface area contributed by atoms with E-state index in [1.807, 2.05) is 35.2 Å². The van der Waals surface area contributed by atoms with E-state index < -0.39 is 5.92 Å². The molecular weight excluding hydrogens is 286 g/mol. The van der Waals surface area contributed by atoms with Gasteiger partial charge in [-0.25, -0.2) is 0 Å². The van der Waals surface area contributed by atoms with E-state index >= 15 is 0 Å². The van der Waals surface area contributed by atoms with Crippen molar-refractivity contribution in [1.29, 1.82) is 0 Å². The van der Waals surface area contributed by atoms with Crippen LogP contribution in [0, 0.1) is 0 Å². The summed E-state index contributed by atoms with van der Waals surface area (Å²) < 4.78 is 0. The van der Waals surface area contributed by atoms with Crippen LogP contribution in [-0.4, -0.2) is 65.1 Å². The van der Waals surface area contributed by atoms with Crippen molar-refractivity contribution in [1.82, 2.24) is 9.80 Å². The lowest BCUT2D eigenvalue weighted by Crippen LogP contribution is -2.51. The predicted molar refractivity (Wildman–Crippen MR) is 86.1 cm³/mol. The standard InChI is InChI=1S/C15H21N3O2S/c16-14(21)13(12-4-2-1-3-5-12)15(20)18-8-6-17(7-9-18)10-11-19/h1-5,13,19H,6-11H2,(H2,16,21). The van der Waals surface area contributed by atoms with Crippen molar-refractivity contribution in [3.8, 4) is 0 Å². The molecule has 0 aliphatic carbocycles. The van der Waals surface area contributed by atoms with Crippen LogP contribution in [0.2, 0.25) is 0 Å². The molecule has 1 heterocycles. The Bertz CT molecular complexity index is 487. The Labute approximate surface area is 130 Å². The highest BCUT2D eigenvalue weighted by molar-refractivity contribution is 7.80. The molecule has 1 aliphatic heterocycles. The molecular formula is C15H21N3O2S. The second-order valence-electron chi connectivity index (χ2n) is 5.14. The fourth-order valence-electron chi connectivity index (χ4n) is 2.59. The van der Waals surface area contributed by atoms with Crippen LogP contribution in [0.4, 0.5) is 0 Å². The van der Waals surface area contributed by atoms with Gasteiger partial charge in [-0.05, 0) is 5.56 Å². The van der Waals surface area contributed by atoms with Crippen LogP contribution in [0.5, 0.6) is 0 Å². The van der Waals surface area contributed by atoms with Crippen molar-refractivity contribution >= 4 is 23.1 Å². The molecule has 1 fully saturated rings. The van der Waals surface area contributed by atoms with Gasteiger partial charge in [0.1, 0.15) is 5.92 Å². The van der Waals surface area contributed by atoms with E-state index in [4.69, 9.17) is 23.1 Å². The molecule has 1 aliphatic rings. The number of nitrogens with two attached hydrogens (primary N) is 1. The number of nitrogens with zero attached hydrogens (tertiary/aromatic N) is 2. The van der Waals surface area contributed by atoms with Crippen molar-refractivity contribution in [2.24, 2.45) is 5.73 Å². The number of rotatable bonds is 5. The van der Waals surface area contributed by atoms with Crippen LogP contribution in [0.25, 0.3) is 0 Å². The van der Waals surface area contributed by atoms with Crippen LogP contribution >= 0.6 is 12.2 Å². The highest BCUT2D eigenvalue weighted by Crippen LogP contribution is 2.20. The van der Waals surface area contributed by atoms with Gasteiger partial charge in [0, 0.05) is 32.7 Å². The van der Waals surface area contributed by atoms with Crippen LogP contribution in [-0.2, 0) is 4.79 Å². The number of hydrogen-bond donors (Lipinski definition) is 2. The highest BCUT2D eigenvalue weighted by atomic mass is 32.1. The lowest BCUT2D eigenvalue weighted by atomic mass is 9.97. The van der Waals surface area contributed by atoms with Gasteiger partial charge in [0.2, 0.25) is 5.91 Å². The number of aliphatic hydroxyl groups is 1. The average molecular weight is 307 g/mol. The lowest BCUT2D eigenvalue weighted by molar-refractivity contribution is -0.133. The number of hydrogen-bond acceptors (Lipinski definition) is 4. The quantitative estimate of drug-likeness (QED) is 0.760. The molecule has 1 atom stereocenters. The van der Waals surface area contributed by atoms with E-state index in [0.717, 1.165) is 18.7 Å². The van der Waals surface area contributed by atoms with Gasteiger partial charge < -0.3 is 15.7 Å². The molecule has 0 saturated carbocycles. The van der Waals surface area contributed by atoms with E-state index in [1.165, 1.54) is 0 Å². The average Bonchev–Trinajstić information content (AvgIpc) is 2.49. The monoisotopic (exact) mass is 307 g/mol. The molecule has 1 saturated heterocycles. The molecule has 0 bridgehead atoms. The Morgan fingerprint density at radius 1 is 1.24 bits per heavy atom. The number of carbonyl (C=O) groups excluding carboxylic acids is 1. The molecule has 2 rings (SSSR count). The van der Waals surface area contributed by atoms with Crippen molar-refractivity contribution in [3.05, 3.63) is 35.9 Å². The fraction of sp³-hybridized carbons (Fsp3) is 0.467. The summed E-state index contributed by atoms with van der Waals surface area (Å²) >= 11 is 5.10. The zero-order chi connectivity index (χ0) is 15.2. The maximum atomic E-state index is 12.7. The van der Waals surface area contributed by atoms with Gasteiger partial charge in [-0.2, -0.15) is 0 Å². The first-order chi connectivity index (χ1) is 10.1. The summed E-state index contributed by atoms with van der Waals surface area (Å²) in [5.74, 6) is -0.581. The van der Waals surface area contributed by atoms with Crippen molar-refractivity contribution in [2.45, 2.75) is 5.92 Å². The first-order valence-electron chi connectivity index (χ1n) is 7.09. The van der Waals surface area contributed by atoms with E-state index in [1.54, 1.807) is 0 Å². The number of amides is 1. The molecule has 5 nitrogen and oxygen atoms in total. The Kier molecular flexibility index (Phi) is 5.67. The molecule has 0 radical (unpaired) electrons. The molecule has 3 N–H and O–H groups in total. The first-order valence-corrected chi connectivity index (χ1v) is 7.50. The third kappa shape index (κ3) is 4.00. The molecule has 1 amide bonds. The maximum absolute atomic E-state index is 12.7. The number of aliphatic hydroxyl groups excluding tert-OH is 1. The number of piperazine rings is 1. The molecule has 1 unspecified atom stereocenters. The van der Waals surface area contributed by atoms with Crippen molar-refractivity contribution < 1.29 is 9.90 Å². The normalized spacial score (nSPS) is 17.5. The number of benzene rings is 1. The minimum absolute atomic E-state index is 0.0302. The molecule has 1 aromatic carbocycles. The maximum Gasteiger partial charge on any atom is 0.237 e. The van der Waals surface area contributed by atoms with Gasteiger partial charge in [0.25, 0.3) is 0 Å². The zero-order valence-electron chi connectivity index (χ0n) is 11.9. The topological polar surface area (TPSA) is 69.8 Å². The van der Waals surface area contributed by atoms with Crippen LogP contribution in [0.3, 0.4) is 0 Å². The number of carbonyl (C=O) groups is 1. The van der Waals surface area contributed by atoms with Gasteiger partial charge in [-0.3, -0.25) is 9.69 Å². The summed E-state index contributed by atoms with van der Waals surface area (Å²) in [7, 11) is 0. The highest BCUT2D eigenvalue weighted by Gasteiger charge is 2.30. The van der Waals surface area contributed by atoms with Crippen LogP contribution in [0.15, 0.2) is 30.3 Å². The minimum Gasteiger partial charge on any atom is -0.395 e. The number of β-amino-alcohol motifs (C(OH)–C–C–N with tert-alkyl or cyclic N) is 1. The Morgan fingerprint density at radius 3 is 2.38 bits per heavy atom. The second-order valence-corrected chi connectivity index (χ2v) is 5.61.